The van der Waals surface area contributed by atoms with Gasteiger partial charge in [0.25, 0.3) is 0 Å². The number of benzene rings is 2. The number of nitrogens with zero attached hydrogens (tertiary/aromatic N) is 1. The number of aromatic amines is 1. The van der Waals surface area contributed by atoms with Gasteiger partial charge in [0.05, 0.1) is 6.54 Å². The summed E-state index contributed by atoms with van der Waals surface area (Å²) in [7, 11) is 0. The number of aromatic carboxylic acids is 1. The van der Waals surface area contributed by atoms with Gasteiger partial charge in [-0.2, -0.15) is 0 Å². The number of carbonyl (C=O) groups is 1. The van der Waals surface area contributed by atoms with Crippen molar-refractivity contribution in [2.45, 2.75) is 13.5 Å². The number of hydrogen-bond donors (Lipinski definition) is 2. The summed E-state index contributed by atoms with van der Waals surface area (Å²) in [5, 5.41) is 10.4. The van der Waals surface area contributed by atoms with Gasteiger partial charge >= 0.3 is 5.97 Å². The van der Waals surface area contributed by atoms with Crippen molar-refractivity contribution in [2.24, 2.45) is 4.99 Å². The third-order valence-electron chi connectivity index (χ3n) is 3.79. The zero-order chi connectivity index (χ0) is 15.7. The fourth-order valence-electron chi connectivity index (χ4n) is 2.73. The van der Waals surface area contributed by atoms with E-state index in [1.165, 1.54) is 0 Å². The minimum absolute atomic E-state index is 0.221. The summed E-state index contributed by atoms with van der Waals surface area (Å²) in [6.07, 6.45) is 0. The molecule has 0 saturated heterocycles. The van der Waals surface area contributed by atoms with E-state index in [9.17, 15) is 9.90 Å². The van der Waals surface area contributed by atoms with Gasteiger partial charge in [0.2, 0.25) is 0 Å². The summed E-state index contributed by atoms with van der Waals surface area (Å²) >= 11 is 0. The molecule has 0 atom stereocenters. The van der Waals surface area contributed by atoms with Gasteiger partial charge in [-0.25, -0.2) is 4.79 Å². The van der Waals surface area contributed by atoms with Crippen molar-refractivity contribution >= 4 is 23.6 Å². The number of rotatable bonds is 4. The maximum Gasteiger partial charge on any atom is 0.352 e. The van der Waals surface area contributed by atoms with Gasteiger partial charge in [-0.3, -0.25) is 4.99 Å². The molecule has 22 heavy (non-hydrogen) atoms. The lowest BCUT2D eigenvalue weighted by Gasteiger charge is -2.04. The van der Waals surface area contributed by atoms with Gasteiger partial charge in [0, 0.05) is 16.5 Å². The molecule has 2 N–H and O–H groups in total. The van der Waals surface area contributed by atoms with Gasteiger partial charge in [-0.1, -0.05) is 42.5 Å². The van der Waals surface area contributed by atoms with E-state index in [4.69, 9.17) is 0 Å². The zero-order valence-electron chi connectivity index (χ0n) is 12.3. The SMILES string of the molecule is C=NCc1ccc(-c2c(C(=O)O)[nH]c3c(C)cccc23)cc1. The molecule has 3 aromatic rings. The van der Waals surface area contributed by atoms with Crippen molar-refractivity contribution < 1.29 is 9.90 Å². The summed E-state index contributed by atoms with van der Waals surface area (Å²) in [4.78, 5) is 18.5. The topological polar surface area (TPSA) is 65.4 Å². The first kappa shape index (κ1) is 14.1. The van der Waals surface area contributed by atoms with E-state index in [1.54, 1.807) is 0 Å². The third kappa shape index (κ3) is 2.29. The summed E-state index contributed by atoms with van der Waals surface area (Å²) in [6.45, 7) is 6.00. The van der Waals surface area contributed by atoms with E-state index in [1.807, 2.05) is 49.4 Å². The van der Waals surface area contributed by atoms with E-state index in [0.29, 0.717) is 6.54 Å². The Morgan fingerprint density at radius 3 is 2.59 bits per heavy atom. The van der Waals surface area contributed by atoms with Gasteiger partial charge < -0.3 is 10.1 Å². The molecule has 1 heterocycles. The quantitative estimate of drug-likeness (QED) is 0.713. The van der Waals surface area contributed by atoms with Crippen LogP contribution in [0.5, 0.6) is 0 Å². The van der Waals surface area contributed by atoms with Crippen molar-refractivity contribution in [1.82, 2.24) is 4.98 Å². The first-order valence-electron chi connectivity index (χ1n) is 6.98. The number of hydrogen-bond acceptors (Lipinski definition) is 2. The lowest BCUT2D eigenvalue weighted by Crippen LogP contribution is -1.98. The molecule has 0 saturated carbocycles. The maximum atomic E-state index is 11.6. The van der Waals surface area contributed by atoms with E-state index < -0.39 is 5.97 Å². The van der Waals surface area contributed by atoms with Crippen LogP contribution in [0.25, 0.3) is 22.0 Å². The van der Waals surface area contributed by atoms with Crippen LogP contribution < -0.4 is 0 Å². The number of nitrogens with one attached hydrogen (secondary N) is 1. The molecule has 2 aromatic carbocycles. The minimum atomic E-state index is -0.956. The molecule has 0 radical (unpaired) electrons. The monoisotopic (exact) mass is 292 g/mol. The fourth-order valence-corrected chi connectivity index (χ4v) is 2.73. The molecular formula is C18H16N2O2. The number of H-pyrrole nitrogens is 1. The van der Waals surface area contributed by atoms with Gasteiger partial charge in [-0.05, 0) is 30.3 Å². The highest BCUT2D eigenvalue weighted by Gasteiger charge is 2.19. The largest absolute Gasteiger partial charge is 0.477 e. The lowest BCUT2D eigenvalue weighted by molar-refractivity contribution is 0.0692. The molecule has 0 aliphatic rings. The number of aromatic nitrogens is 1. The number of fused-ring (bicyclic) bond motifs is 1. The third-order valence-corrected chi connectivity index (χ3v) is 3.79. The second-order valence-corrected chi connectivity index (χ2v) is 5.26. The molecule has 4 heteroatoms. The Kier molecular flexibility index (Phi) is 3.51. The van der Waals surface area contributed by atoms with Gasteiger partial charge in [0.15, 0.2) is 0 Å². The van der Waals surface area contributed by atoms with Crippen molar-refractivity contribution in [3.05, 3.63) is 59.3 Å². The van der Waals surface area contributed by atoms with Crippen molar-refractivity contribution in [2.75, 3.05) is 0 Å². The highest BCUT2D eigenvalue weighted by atomic mass is 16.4. The summed E-state index contributed by atoms with van der Waals surface area (Å²) in [6, 6.07) is 13.6. The Bertz CT molecular complexity index is 861. The van der Waals surface area contributed by atoms with Crippen LogP contribution in [-0.4, -0.2) is 22.8 Å². The highest BCUT2D eigenvalue weighted by molar-refractivity contribution is 6.08. The molecule has 0 aliphatic carbocycles. The standard InChI is InChI=1S/C18H16N2O2/c1-11-4-3-5-14-15(17(18(21)22)20-16(11)14)13-8-6-12(7-9-13)10-19-2/h3-9,20H,2,10H2,1H3,(H,21,22). The number of para-hydroxylation sites is 1. The van der Waals surface area contributed by atoms with Crippen LogP contribution in [0.2, 0.25) is 0 Å². The average Bonchev–Trinajstić information content (AvgIpc) is 2.90. The van der Waals surface area contributed by atoms with Crippen LogP contribution in [-0.2, 0) is 6.54 Å². The second kappa shape index (κ2) is 5.48. The van der Waals surface area contributed by atoms with Crippen LogP contribution >= 0.6 is 0 Å². The Balaban J connectivity index is 2.24. The zero-order valence-corrected chi connectivity index (χ0v) is 12.3. The summed E-state index contributed by atoms with van der Waals surface area (Å²) < 4.78 is 0. The molecule has 0 aliphatic heterocycles. The van der Waals surface area contributed by atoms with Crippen molar-refractivity contribution in [3.8, 4) is 11.1 Å². The van der Waals surface area contributed by atoms with E-state index in [-0.39, 0.29) is 5.69 Å². The van der Waals surface area contributed by atoms with Crippen LogP contribution in [0.3, 0.4) is 0 Å². The predicted molar refractivity (Wildman–Crippen MR) is 88.7 cm³/mol. The second-order valence-electron chi connectivity index (χ2n) is 5.26. The molecule has 0 spiro atoms. The van der Waals surface area contributed by atoms with Crippen LogP contribution in [0.15, 0.2) is 47.5 Å². The summed E-state index contributed by atoms with van der Waals surface area (Å²) in [5.41, 5.74) is 4.77. The minimum Gasteiger partial charge on any atom is -0.477 e. The number of aryl methyl sites for hydroxylation is 1. The normalized spacial score (nSPS) is 10.8. The molecule has 0 amide bonds. The Morgan fingerprint density at radius 2 is 1.95 bits per heavy atom. The lowest BCUT2D eigenvalue weighted by atomic mass is 9.99. The van der Waals surface area contributed by atoms with Crippen LogP contribution in [0.4, 0.5) is 0 Å². The first-order valence-corrected chi connectivity index (χ1v) is 6.98. The fraction of sp³-hybridized carbons (Fsp3) is 0.111. The molecule has 4 nitrogen and oxygen atoms in total. The molecule has 0 unspecified atom stereocenters. The van der Waals surface area contributed by atoms with Crippen LogP contribution in [0, 0.1) is 6.92 Å². The number of aliphatic imine (C=N–C) groups is 1. The molecule has 0 fully saturated rings. The summed E-state index contributed by atoms with van der Waals surface area (Å²) in [5.74, 6) is -0.956. The molecule has 1 aromatic heterocycles. The van der Waals surface area contributed by atoms with Crippen molar-refractivity contribution in [1.29, 1.82) is 0 Å². The van der Waals surface area contributed by atoms with Gasteiger partial charge in [-0.15, -0.1) is 0 Å². The highest BCUT2D eigenvalue weighted by Crippen LogP contribution is 2.34. The van der Waals surface area contributed by atoms with E-state index in [0.717, 1.165) is 33.2 Å². The van der Waals surface area contributed by atoms with E-state index in [2.05, 4.69) is 16.7 Å². The van der Waals surface area contributed by atoms with Gasteiger partial charge in [0.1, 0.15) is 5.69 Å². The average molecular weight is 292 g/mol. The van der Waals surface area contributed by atoms with Crippen molar-refractivity contribution in [3.63, 3.8) is 0 Å². The smallest absolute Gasteiger partial charge is 0.352 e. The predicted octanol–water partition coefficient (Wildman–Crippen LogP) is 4.04. The molecule has 0 bridgehead atoms. The Morgan fingerprint density at radius 1 is 1.23 bits per heavy atom. The number of carboxylic acids is 1. The van der Waals surface area contributed by atoms with E-state index >= 15 is 0 Å². The Hall–Kier alpha value is -2.88. The maximum absolute atomic E-state index is 11.6. The van der Waals surface area contributed by atoms with Crippen LogP contribution in [0.1, 0.15) is 21.6 Å². The Labute approximate surface area is 128 Å². The number of carboxylic acid groups (broad SMARTS) is 1. The first-order chi connectivity index (χ1) is 10.6. The molecule has 3 rings (SSSR count). The molecular weight excluding hydrogens is 276 g/mol. The molecule has 110 valence electrons.